The number of carbonyl (C=O) groups is 2. The lowest BCUT2D eigenvalue weighted by molar-refractivity contribution is -0.143. The van der Waals surface area contributed by atoms with E-state index >= 15 is 0 Å². The fourth-order valence-corrected chi connectivity index (χ4v) is 2.16. The number of benzene rings is 1. The van der Waals surface area contributed by atoms with Crippen molar-refractivity contribution in [3.8, 4) is 0 Å². The van der Waals surface area contributed by atoms with E-state index in [0.717, 1.165) is 17.3 Å². The number of methoxy groups -OCH3 is 1. The second kappa shape index (κ2) is 7.81. The molecular weight excluding hydrogens is 310 g/mol. The van der Waals surface area contributed by atoms with Gasteiger partial charge in [-0.05, 0) is 44.9 Å². The number of amides is 1. The number of aryl methyl sites for hydroxylation is 1. The molecule has 0 aliphatic rings. The first kappa shape index (κ1) is 19.5. The molecule has 132 valence electrons. The quantitative estimate of drug-likeness (QED) is 0.433. The molecule has 7 heteroatoms. The first-order valence-electron chi connectivity index (χ1n) is 7.54. The minimum absolute atomic E-state index is 0.202. The Balaban J connectivity index is 2.99. The smallest absolute Gasteiger partial charge is 0.408 e. The monoisotopic (exact) mass is 335 g/mol. The lowest BCUT2D eigenvalue weighted by Crippen LogP contribution is -2.45. The number of rotatable bonds is 5. The van der Waals surface area contributed by atoms with Gasteiger partial charge in [-0.2, -0.15) is 0 Å². The summed E-state index contributed by atoms with van der Waals surface area (Å²) in [6.07, 6.45) is 0.658. The summed E-state index contributed by atoms with van der Waals surface area (Å²) in [5.74, 6) is -0.577. The third-order valence-corrected chi connectivity index (χ3v) is 3.25. The highest BCUT2D eigenvalue weighted by Gasteiger charge is 2.25. The maximum Gasteiger partial charge on any atom is 0.408 e. The average molecular weight is 335 g/mol. The molecule has 0 saturated carbocycles. The van der Waals surface area contributed by atoms with Gasteiger partial charge in [0, 0.05) is 23.9 Å². The molecule has 0 radical (unpaired) electrons. The Kier molecular flexibility index (Phi) is 6.34. The van der Waals surface area contributed by atoms with Crippen molar-refractivity contribution in [1.82, 2.24) is 5.32 Å². The Morgan fingerprint density at radius 2 is 2.00 bits per heavy atom. The Hall–Kier alpha value is -2.57. The lowest BCUT2D eigenvalue weighted by Gasteiger charge is -2.23. The molecule has 0 aliphatic heterocycles. The zero-order valence-electron chi connectivity index (χ0n) is 14.7. The van der Waals surface area contributed by atoms with Crippen LogP contribution in [0.5, 0.6) is 0 Å². The zero-order valence-corrected chi connectivity index (χ0v) is 14.7. The number of alkyl carbamates (subject to hydrolysis) is 1. The van der Waals surface area contributed by atoms with Crippen molar-refractivity contribution >= 4 is 24.0 Å². The fraction of sp³-hybridized carbons (Fsp3) is 0.471. The van der Waals surface area contributed by atoms with Crippen LogP contribution in [-0.2, 0) is 20.7 Å². The summed E-state index contributed by atoms with van der Waals surface area (Å²) in [7, 11) is 1.25. The Morgan fingerprint density at radius 1 is 1.38 bits per heavy atom. The van der Waals surface area contributed by atoms with Crippen molar-refractivity contribution in [2.24, 2.45) is 0 Å². The third-order valence-electron chi connectivity index (χ3n) is 3.25. The summed E-state index contributed by atoms with van der Waals surface area (Å²) in [5, 5.41) is 9.93. The van der Waals surface area contributed by atoms with Crippen molar-refractivity contribution < 1.29 is 19.1 Å². The van der Waals surface area contributed by atoms with E-state index < -0.39 is 23.7 Å². The van der Waals surface area contributed by atoms with Gasteiger partial charge in [0.25, 0.3) is 0 Å². The minimum Gasteiger partial charge on any atom is -0.467 e. The minimum atomic E-state index is -0.897. The largest absolute Gasteiger partial charge is 0.467 e. The van der Waals surface area contributed by atoms with Crippen molar-refractivity contribution in [2.75, 3.05) is 12.8 Å². The van der Waals surface area contributed by atoms with Gasteiger partial charge in [0.15, 0.2) is 0 Å². The summed E-state index contributed by atoms with van der Waals surface area (Å²) < 4.78 is 9.92. The molecule has 1 aromatic rings. The van der Waals surface area contributed by atoms with Crippen molar-refractivity contribution in [3.63, 3.8) is 0 Å². The van der Waals surface area contributed by atoms with Gasteiger partial charge in [-0.15, -0.1) is 0 Å². The first-order chi connectivity index (χ1) is 11.1. The molecule has 0 bridgehead atoms. The molecule has 0 unspecified atom stereocenters. The van der Waals surface area contributed by atoms with Crippen molar-refractivity contribution in [1.29, 1.82) is 5.41 Å². The summed E-state index contributed by atoms with van der Waals surface area (Å²) in [6.45, 7) is 7.03. The molecule has 24 heavy (non-hydrogen) atoms. The van der Waals surface area contributed by atoms with Gasteiger partial charge in [-0.1, -0.05) is 6.07 Å². The third kappa shape index (κ3) is 5.57. The molecule has 0 heterocycles. The number of carbonyl (C=O) groups excluding carboxylic acids is 2. The number of hydrogen-bond acceptors (Lipinski definition) is 6. The van der Waals surface area contributed by atoms with Gasteiger partial charge in [0.1, 0.15) is 11.6 Å². The van der Waals surface area contributed by atoms with Gasteiger partial charge in [-0.3, -0.25) is 0 Å². The van der Waals surface area contributed by atoms with Gasteiger partial charge in [0.2, 0.25) is 0 Å². The summed E-state index contributed by atoms with van der Waals surface area (Å²) >= 11 is 0. The van der Waals surface area contributed by atoms with E-state index in [4.69, 9.17) is 20.6 Å². The summed E-state index contributed by atoms with van der Waals surface area (Å²) in [4.78, 5) is 23.9. The molecule has 0 aromatic heterocycles. The van der Waals surface area contributed by atoms with Crippen LogP contribution in [0.25, 0.3) is 0 Å². The number of ether oxygens (including phenoxy) is 2. The highest BCUT2D eigenvalue weighted by Crippen LogP contribution is 2.19. The summed E-state index contributed by atoms with van der Waals surface area (Å²) in [6, 6.07) is 2.63. The van der Waals surface area contributed by atoms with Crippen LogP contribution >= 0.6 is 0 Å². The number of nitrogen functional groups attached to an aromatic ring is 1. The second-order valence-electron chi connectivity index (χ2n) is 6.49. The molecule has 0 fully saturated rings. The van der Waals surface area contributed by atoms with Crippen LogP contribution in [0.15, 0.2) is 12.1 Å². The SMILES string of the molecule is COC(=O)[C@@H](Cc1cc(C)c(N)c(C=N)c1)NC(=O)OC(C)(C)C. The van der Waals surface area contributed by atoms with E-state index in [0.29, 0.717) is 11.3 Å². The van der Waals surface area contributed by atoms with Crippen LogP contribution < -0.4 is 11.1 Å². The summed E-state index contributed by atoms with van der Waals surface area (Å²) in [5.41, 5.74) is 7.86. The number of anilines is 1. The topological polar surface area (TPSA) is 115 Å². The molecule has 0 spiro atoms. The van der Waals surface area contributed by atoms with E-state index in [-0.39, 0.29) is 6.42 Å². The molecule has 4 N–H and O–H groups in total. The van der Waals surface area contributed by atoms with E-state index in [9.17, 15) is 9.59 Å². The molecule has 1 amide bonds. The van der Waals surface area contributed by atoms with E-state index in [1.807, 2.05) is 13.0 Å². The number of nitrogens with one attached hydrogen (secondary N) is 2. The highest BCUT2D eigenvalue weighted by molar-refractivity contribution is 5.87. The maximum absolute atomic E-state index is 12.0. The van der Waals surface area contributed by atoms with Gasteiger partial charge in [0.05, 0.1) is 7.11 Å². The fourth-order valence-electron chi connectivity index (χ4n) is 2.16. The predicted octanol–water partition coefficient (Wildman–Crippen LogP) is 2.18. The van der Waals surface area contributed by atoms with Gasteiger partial charge >= 0.3 is 12.1 Å². The number of nitrogens with two attached hydrogens (primary N) is 1. The Labute approximate surface area is 142 Å². The predicted molar refractivity (Wildman–Crippen MR) is 92.4 cm³/mol. The molecule has 1 aromatic carbocycles. The number of esters is 1. The standard InChI is InChI=1S/C17H25N3O4/c1-10-6-11(7-12(9-18)14(10)19)8-13(15(21)23-5)20-16(22)24-17(2,3)4/h6-7,9,13,18H,8,19H2,1-5H3,(H,20,22)/t13-/m1/s1. The normalized spacial score (nSPS) is 12.2. The highest BCUT2D eigenvalue weighted by atomic mass is 16.6. The van der Waals surface area contributed by atoms with Crippen molar-refractivity contribution in [3.05, 3.63) is 28.8 Å². The van der Waals surface area contributed by atoms with E-state index in [1.54, 1.807) is 26.8 Å². The van der Waals surface area contributed by atoms with Gasteiger partial charge < -0.3 is 25.9 Å². The zero-order chi connectivity index (χ0) is 18.5. The average Bonchev–Trinajstić information content (AvgIpc) is 2.47. The van der Waals surface area contributed by atoms with Crippen molar-refractivity contribution in [2.45, 2.75) is 45.8 Å². The first-order valence-corrected chi connectivity index (χ1v) is 7.54. The van der Waals surface area contributed by atoms with E-state index in [2.05, 4.69) is 5.32 Å². The number of hydrogen-bond donors (Lipinski definition) is 3. The van der Waals surface area contributed by atoms with Crippen LogP contribution in [0.2, 0.25) is 0 Å². The molecule has 1 rings (SSSR count). The molecular formula is C17H25N3O4. The van der Waals surface area contributed by atoms with Crippen LogP contribution in [0.3, 0.4) is 0 Å². The maximum atomic E-state index is 12.0. The van der Waals surface area contributed by atoms with Crippen LogP contribution in [0.4, 0.5) is 10.5 Å². The molecule has 7 nitrogen and oxygen atoms in total. The van der Waals surface area contributed by atoms with Crippen LogP contribution in [-0.4, -0.2) is 37.0 Å². The Morgan fingerprint density at radius 3 is 2.50 bits per heavy atom. The molecule has 0 aliphatic carbocycles. The molecule has 0 saturated heterocycles. The Bertz CT molecular complexity index is 635. The van der Waals surface area contributed by atoms with E-state index in [1.165, 1.54) is 7.11 Å². The second-order valence-corrected chi connectivity index (χ2v) is 6.49. The van der Waals surface area contributed by atoms with Crippen LogP contribution in [0, 0.1) is 12.3 Å². The van der Waals surface area contributed by atoms with Gasteiger partial charge in [-0.25, -0.2) is 9.59 Å². The molecule has 1 atom stereocenters. The van der Waals surface area contributed by atoms with Crippen LogP contribution in [0.1, 0.15) is 37.5 Å². The lowest BCUT2D eigenvalue weighted by atomic mass is 9.99.